The summed E-state index contributed by atoms with van der Waals surface area (Å²) in [6.07, 6.45) is 0.932. The summed E-state index contributed by atoms with van der Waals surface area (Å²) in [5.41, 5.74) is 1.30. The number of H-pyrrole nitrogens is 1. The molecular formula is C21H27N5O3. The molecule has 0 spiro atoms. The standard InChI is InChI=1S/C21H27N5O3/c1-3-14(2)22-18(27)13-26-10-8-25(9-11-26)12-17-23-19-15-6-4-5-7-16(15)29-20(19)21(28)24-17/h4-7,14H,3,8-13H2,1-2H3,(H,22,27)(H,23,24,28). The number of amides is 1. The molecule has 2 N–H and O–H groups in total. The minimum atomic E-state index is -0.249. The van der Waals surface area contributed by atoms with Gasteiger partial charge in [-0.2, -0.15) is 0 Å². The van der Waals surface area contributed by atoms with Crippen LogP contribution in [0, 0.1) is 0 Å². The first kappa shape index (κ1) is 19.6. The predicted molar refractivity (Wildman–Crippen MR) is 112 cm³/mol. The maximum absolute atomic E-state index is 12.4. The molecule has 0 radical (unpaired) electrons. The third-order valence-corrected chi connectivity index (χ3v) is 5.51. The maximum Gasteiger partial charge on any atom is 0.294 e. The van der Waals surface area contributed by atoms with Crippen molar-refractivity contribution >= 4 is 28.0 Å². The van der Waals surface area contributed by atoms with Crippen molar-refractivity contribution in [1.82, 2.24) is 25.1 Å². The average Bonchev–Trinajstić information content (AvgIpc) is 3.09. The van der Waals surface area contributed by atoms with Gasteiger partial charge in [-0.25, -0.2) is 4.98 Å². The Morgan fingerprint density at radius 2 is 1.97 bits per heavy atom. The lowest BCUT2D eigenvalue weighted by atomic mass is 10.2. The van der Waals surface area contributed by atoms with E-state index >= 15 is 0 Å². The highest BCUT2D eigenvalue weighted by atomic mass is 16.3. The van der Waals surface area contributed by atoms with Gasteiger partial charge in [-0.1, -0.05) is 19.1 Å². The number of piperazine rings is 1. The molecule has 8 nitrogen and oxygen atoms in total. The highest BCUT2D eigenvalue weighted by Gasteiger charge is 2.21. The molecule has 1 aliphatic heterocycles. The Bertz CT molecular complexity index is 1070. The topological polar surface area (TPSA) is 94.5 Å². The van der Waals surface area contributed by atoms with Crippen LogP contribution in [0.2, 0.25) is 0 Å². The van der Waals surface area contributed by atoms with Crippen LogP contribution < -0.4 is 10.9 Å². The summed E-state index contributed by atoms with van der Waals surface area (Å²) < 4.78 is 5.65. The zero-order valence-electron chi connectivity index (χ0n) is 16.9. The summed E-state index contributed by atoms with van der Waals surface area (Å²) in [5, 5.41) is 3.86. The number of carbonyl (C=O) groups is 1. The minimum Gasteiger partial charge on any atom is -0.449 e. The molecule has 4 rings (SSSR count). The van der Waals surface area contributed by atoms with Crippen LogP contribution in [0.5, 0.6) is 0 Å². The normalized spacial score (nSPS) is 17.0. The van der Waals surface area contributed by atoms with Gasteiger partial charge in [-0.05, 0) is 25.5 Å². The molecule has 8 heteroatoms. The zero-order chi connectivity index (χ0) is 20.4. The van der Waals surface area contributed by atoms with Crippen molar-refractivity contribution in [2.24, 2.45) is 0 Å². The van der Waals surface area contributed by atoms with Gasteiger partial charge in [0.2, 0.25) is 11.5 Å². The fourth-order valence-corrected chi connectivity index (χ4v) is 3.67. The smallest absolute Gasteiger partial charge is 0.294 e. The Balaban J connectivity index is 1.39. The second-order valence-electron chi connectivity index (χ2n) is 7.72. The van der Waals surface area contributed by atoms with Crippen LogP contribution in [0.15, 0.2) is 33.5 Å². The number of benzene rings is 1. The molecule has 1 unspecified atom stereocenters. The molecule has 1 aromatic carbocycles. The number of hydrogen-bond donors (Lipinski definition) is 2. The predicted octanol–water partition coefficient (Wildman–Crippen LogP) is 1.70. The van der Waals surface area contributed by atoms with Crippen LogP contribution in [0.3, 0.4) is 0 Å². The van der Waals surface area contributed by atoms with Crippen molar-refractivity contribution in [3.05, 3.63) is 40.4 Å². The molecule has 1 fully saturated rings. The molecule has 0 bridgehead atoms. The van der Waals surface area contributed by atoms with E-state index in [9.17, 15) is 9.59 Å². The van der Waals surface area contributed by atoms with E-state index in [1.54, 1.807) is 0 Å². The van der Waals surface area contributed by atoms with Crippen LogP contribution in [0.25, 0.3) is 22.1 Å². The molecule has 0 saturated carbocycles. The van der Waals surface area contributed by atoms with E-state index in [0.29, 0.717) is 30.0 Å². The molecule has 154 valence electrons. The van der Waals surface area contributed by atoms with Gasteiger partial charge >= 0.3 is 0 Å². The van der Waals surface area contributed by atoms with E-state index in [1.807, 2.05) is 31.2 Å². The molecule has 3 aromatic rings. The van der Waals surface area contributed by atoms with Gasteiger partial charge in [0, 0.05) is 37.6 Å². The van der Waals surface area contributed by atoms with Crippen LogP contribution in [-0.4, -0.2) is 64.4 Å². The Morgan fingerprint density at radius 1 is 1.24 bits per heavy atom. The third kappa shape index (κ3) is 4.33. The first-order valence-electron chi connectivity index (χ1n) is 10.2. The minimum absolute atomic E-state index is 0.0797. The third-order valence-electron chi connectivity index (χ3n) is 5.51. The molecule has 1 saturated heterocycles. The number of fused-ring (bicyclic) bond motifs is 3. The molecule has 1 aliphatic rings. The van der Waals surface area contributed by atoms with Crippen molar-refractivity contribution in [1.29, 1.82) is 0 Å². The average molecular weight is 397 g/mol. The van der Waals surface area contributed by atoms with Gasteiger partial charge < -0.3 is 14.7 Å². The Kier molecular flexibility index (Phi) is 5.64. The molecule has 1 amide bonds. The monoisotopic (exact) mass is 397 g/mol. The van der Waals surface area contributed by atoms with Crippen LogP contribution in [0.1, 0.15) is 26.1 Å². The van der Waals surface area contributed by atoms with Crippen molar-refractivity contribution in [3.63, 3.8) is 0 Å². The Hall–Kier alpha value is -2.71. The largest absolute Gasteiger partial charge is 0.449 e. The molecule has 3 heterocycles. The number of hydrogen-bond acceptors (Lipinski definition) is 6. The lowest BCUT2D eigenvalue weighted by Crippen LogP contribution is -2.50. The lowest BCUT2D eigenvalue weighted by molar-refractivity contribution is -0.123. The summed E-state index contributed by atoms with van der Waals surface area (Å²) in [4.78, 5) is 36.4. The van der Waals surface area contributed by atoms with E-state index in [4.69, 9.17) is 4.42 Å². The van der Waals surface area contributed by atoms with Crippen LogP contribution >= 0.6 is 0 Å². The second-order valence-corrected chi connectivity index (χ2v) is 7.72. The van der Waals surface area contributed by atoms with Gasteiger partial charge in [0.15, 0.2) is 0 Å². The fraction of sp³-hybridized carbons (Fsp3) is 0.476. The first-order chi connectivity index (χ1) is 14.0. The summed E-state index contributed by atoms with van der Waals surface area (Å²) in [6.45, 7) is 8.35. The molecule has 29 heavy (non-hydrogen) atoms. The molecule has 1 atom stereocenters. The second kappa shape index (κ2) is 8.34. The highest BCUT2D eigenvalue weighted by Crippen LogP contribution is 2.24. The van der Waals surface area contributed by atoms with Crippen LogP contribution in [0.4, 0.5) is 0 Å². The van der Waals surface area contributed by atoms with E-state index in [0.717, 1.165) is 38.0 Å². The number of para-hydroxylation sites is 1. The number of aromatic amines is 1. The molecule has 0 aliphatic carbocycles. The van der Waals surface area contributed by atoms with Gasteiger partial charge in [0.25, 0.3) is 5.56 Å². The van der Waals surface area contributed by atoms with E-state index in [2.05, 4.69) is 32.0 Å². The zero-order valence-corrected chi connectivity index (χ0v) is 16.9. The summed E-state index contributed by atoms with van der Waals surface area (Å²) >= 11 is 0. The van der Waals surface area contributed by atoms with Crippen molar-refractivity contribution in [2.75, 3.05) is 32.7 Å². The summed E-state index contributed by atoms with van der Waals surface area (Å²) in [7, 11) is 0. The molecular weight excluding hydrogens is 370 g/mol. The number of carbonyl (C=O) groups excluding carboxylic acids is 1. The summed E-state index contributed by atoms with van der Waals surface area (Å²) in [5.74, 6) is 0.716. The molecule has 2 aromatic heterocycles. The number of furan rings is 1. The fourth-order valence-electron chi connectivity index (χ4n) is 3.67. The lowest BCUT2D eigenvalue weighted by Gasteiger charge is -2.34. The van der Waals surface area contributed by atoms with Crippen molar-refractivity contribution in [2.45, 2.75) is 32.9 Å². The van der Waals surface area contributed by atoms with Gasteiger partial charge in [-0.15, -0.1) is 0 Å². The van der Waals surface area contributed by atoms with Gasteiger partial charge in [0.1, 0.15) is 16.9 Å². The van der Waals surface area contributed by atoms with E-state index < -0.39 is 0 Å². The number of nitrogens with zero attached hydrogens (tertiary/aromatic N) is 3. The highest BCUT2D eigenvalue weighted by molar-refractivity contribution is 6.01. The number of nitrogens with one attached hydrogen (secondary N) is 2. The van der Waals surface area contributed by atoms with Gasteiger partial charge in [0.05, 0.1) is 13.1 Å². The van der Waals surface area contributed by atoms with E-state index in [-0.39, 0.29) is 23.1 Å². The quantitative estimate of drug-likeness (QED) is 0.658. The van der Waals surface area contributed by atoms with Crippen molar-refractivity contribution in [3.8, 4) is 0 Å². The number of aromatic nitrogens is 2. The Labute approximate surface area is 168 Å². The Morgan fingerprint density at radius 3 is 2.72 bits per heavy atom. The van der Waals surface area contributed by atoms with Crippen LogP contribution in [-0.2, 0) is 11.3 Å². The SMILES string of the molecule is CCC(C)NC(=O)CN1CCN(Cc2nc3c(oc4ccccc43)c(=O)[nH]2)CC1. The number of rotatable bonds is 6. The van der Waals surface area contributed by atoms with Gasteiger partial charge in [-0.3, -0.25) is 19.4 Å². The van der Waals surface area contributed by atoms with Crippen molar-refractivity contribution < 1.29 is 9.21 Å². The first-order valence-corrected chi connectivity index (χ1v) is 10.2. The maximum atomic E-state index is 12.4. The summed E-state index contributed by atoms with van der Waals surface area (Å²) in [6, 6.07) is 7.76. The van der Waals surface area contributed by atoms with E-state index in [1.165, 1.54) is 0 Å².